The lowest BCUT2D eigenvalue weighted by Crippen LogP contribution is -2.09. The summed E-state index contributed by atoms with van der Waals surface area (Å²) in [6.07, 6.45) is 5.01. The zero-order valence-corrected chi connectivity index (χ0v) is 8.81. The van der Waals surface area contributed by atoms with Gasteiger partial charge in [-0.15, -0.1) is 0 Å². The van der Waals surface area contributed by atoms with Crippen molar-refractivity contribution >= 4 is 11.8 Å². The van der Waals surface area contributed by atoms with Crippen LogP contribution < -0.4 is 5.73 Å². The topological polar surface area (TPSA) is 80.5 Å². The number of thioether (sulfide) groups is 1. The Kier molecular flexibility index (Phi) is 3.31. The molecule has 2 aromatic rings. The zero-order chi connectivity index (χ0) is 10.5. The third-order valence-electron chi connectivity index (χ3n) is 1.94. The van der Waals surface area contributed by atoms with Crippen LogP contribution in [0.25, 0.3) is 0 Å². The normalized spacial score (nSPS) is 12.6. The van der Waals surface area contributed by atoms with E-state index in [4.69, 9.17) is 5.73 Å². The summed E-state index contributed by atoms with van der Waals surface area (Å²) >= 11 is 1.57. The summed E-state index contributed by atoms with van der Waals surface area (Å²) in [6, 6.07) is 3.92. The molecule has 5 nitrogen and oxygen atoms in total. The minimum atomic E-state index is 0.181. The second-order valence-corrected chi connectivity index (χ2v) is 4.10. The van der Waals surface area contributed by atoms with Gasteiger partial charge in [-0.05, 0) is 17.7 Å². The first kappa shape index (κ1) is 10.1. The lowest BCUT2D eigenvalue weighted by atomic mass is 10.2. The predicted molar refractivity (Wildman–Crippen MR) is 58.3 cm³/mol. The number of pyridine rings is 1. The average molecular weight is 221 g/mol. The van der Waals surface area contributed by atoms with Crippen molar-refractivity contribution in [3.8, 4) is 0 Å². The van der Waals surface area contributed by atoms with Gasteiger partial charge in [0.2, 0.25) is 0 Å². The van der Waals surface area contributed by atoms with Gasteiger partial charge in [-0.2, -0.15) is 5.10 Å². The van der Waals surface area contributed by atoms with Gasteiger partial charge in [0.25, 0.3) is 0 Å². The van der Waals surface area contributed by atoms with Crippen molar-refractivity contribution < 1.29 is 0 Å². The van der Waals surface area contributed by atoms with Gasteiger partial charge < -0.3 is 5.73 Å². The molecule has 0 bridgehead atoms. The lowest BCUT2D eigenvalue weighted by Gasteiger charge is -2.11. The molecule has 0 amide bonds. The average Bonchev–Trinajstić information content (AvgIpc) is 2.80. The molecule has 15 heavy (non-hydrogen) atoms. The van der Waals surface area contributed by atoms with Gasteiger partial charge in [0, 0.05) is 24.2 Å². The maximum atomic E-state index is 5.72. The number of hydrogen-bond acceptors (Lipinski definition) is 5. The van der Waals surface area contributed by atoms with Crippen molar-refractivity contribution in [1.82, 2.24) is 20.2 Å². The molecule has 2 heterocycles. The summed E-state index contributed by atoms with van der Waals surface area (Å²) in [5, 5.41) is 7.56. The van der Waals surface area contributed by atoms with Crippen LogP contribution in [-0.2, 0) is 0 Å². The fraction of sp³-hybridized carbons (Fsp3) is 0.222. The molecule has 0 fully saturated rings. The Morgan fingerprint density at radius 2 is 2.20 bits per heavy atom. The molecule has 0 radical (unpaired) electrons. The third-order valence-corrected chi connectivity index (χ3v) is 3.11. The molecular formula is C9H11N5S. The van der Waals surface area contributed by atoms with Gasteiger partial charge in [-0.25, -0.2) is 4.98 Å². The molecule has 1 atom stereocenters. The third kappa shape index (κ3) is 2.54. The Morgan fingerprint density at radius 1 is 1.40 bits per heavy atom. The van der Waals surface area contributed by atoms with Crippen LogP contribution in [0.15, 0.2) is 36.0 Å². The van der Waals surface area contributed by atoms with Gasteiger partial charge in [0.15, 0.2) is 5.16 Å². The highest BCUT2D eigenvalue weighted by Gasteiger charge is 2.12. The minimum Gasteiger partial charge on any atom is -0.329 e. The Morgan fingerprint density at radius 3 is 2.80 bits per heavy atom. The van der Waals surface area contributed by atoms with Crippen LogP contribution in [0.2, 0.25) is 0 Å². The largest absolute Gasteiger partial charge is 0.329 e. The molecule has 0 aliphatic rings. The van der Waals surface area contributed by atoms with Crippen LogP contribution in [0.5, 0.6) is 0 Å². The van der Waals surface area contributed by atoms with Crippen molar-refractivity contribution in [3.63, 3.8) is 0 Å². The number of aromatic amines is 1. The highest BCUT2D eigenvalue weighted by atomic mass is 32.2. The number of nitrogens with zero attached hydrogens (tertiary/aromatic N) is 3. The van der Waals surface area contributed by atoms with E-state index in [-0.39, 0.29) is 5.25 Å². The minimum absolute atomic E-state index is 0.181. The predicted octanol–water partition coefficient (Wildman–Crippen LogP) is 0.992. The first-order valence-corrected chi connectivity index (χ1v) is 5.40. The molecule has 1 unspecified atom stereocenters. The molecule has 6 heteroatoms. The van der Waals surface area contributed by atoms with Crippen LogP contribution in [-0.4, -0.2) is 26.7 Å². The van der Waals surface area contributed by atoms with E-state index in [2.05, 4.69) is 20.2 Å². The molecule has 0 spiro atoms. The Hall–Kier alpha value is -1.40. The molecule has 0 aliphatic carbocycles. The number of rotatable bonds is 4. The van der Waals surface area contributed by atoms with E-state index < -0.39 is 0 Å². The number of H-pyrrole nitrogens is 1. The lowest BCUT2D eigenvalue weighted by molar-refractivity contribution is 0.911. The molecule has 2 aromatic heterocycles. The van der Waals surface area contributed by atoms with Gasteiger partial charge in [-0.3, -0.25) is 10.1 Å². The molecule has 78 valence electrons. The van der Waals surface area contributed by atoms with Crippen molar-refractivity contribution in [3.05, 3.63) is 36.4 Å². The fourth-order valence-electron chi connectivity index (χ4n) is 1.22. The molecule has 0 saturated carbocycles. The van der Waals surface area contributed by atoms with Crippen LogP contribution in [0.4, 0.5) is 0 Å². The van der Waals surface area contributed by atoms with Crippen molar-refractivity contribution in [2.45, 2.75) is 10.4 Å². The van der Waals surface area contributed by atoms with Crippen molar-refractivity contribution in [2.75, 3.05) is 6.54 Å². The molecule has 3 N–H and O–H groups in total. The second-order valence-electron chi connectivity index (χ2n) is 2.91. The fourth-order valence-corrected chi connectivity index (χ4v) is 2.09. The van der Waals surface area contributed by atoms with E-state index in [1.54, 1.807) is 24.2 Å². The first-order valence-electron chi connectivity index (χ1n) is 4.52. The van der Waals surface area contributed by atoms with E-state index in [0.29, 0.717) is 6.54 Å². The standard InChI is InChI=1S/C9H11N5S/c10-5-8(7-1-3-11-4-2-7)15-9-12-6-13-14-9/h1-4,6,8H,5,10H2,(H,12,13,14). The zero-order valence-electron chi connectivity index (χ0n) is 8.00. The van der Waals surface area contributed by atoms with Crippen LogP contribution in [0.3, 0.4) is 0 Å². The summed E-state index contributed by atoms with van der Waals surface area (Å²) in [5.41, 5.74) is 6.87. The number of aromatic nitrogens is 4. The quantitative estimate of drug-likeness (QED) is 0.752. The van der Waals surface area contributed by atoms with Gasteiger partial charge in [0.1, 0.15) is 6.33 Å². The molecule has 2 rings (SSSR count). The Labute approximate surface area is 91.5 Å². The monoisotopic (exact) mass is 221 g/mol. The summed E-state index contributed by atoms with van der Waals surface area (Å²) < 4.78 is 0. The summed E-state index contributed by atoms with van der Waals surface area (Å²) in [7, 11) is 0. The highest BCUT2D eigenvalue weighted by molar-refractivity contribution is 7.99. The summed E-state index contributed by atoms with van der Waals surface area (Å²) in [4.78, 5) is 8.03. The second kappa shape index (κ2) is 4.90. The van der Waals surface area contributed by atoms with Gasteiger partial charge in [-0.1, -0.05) is 11.8 Å². The van der Waals surface area contributed by atoms with Crippen LogP contribution in [0, 0.1) is 0 Å². The van der Waals surface area contributed by atoms with Gasteiger partial charge in [0.05, 0.1) is 0 Å². The maximum absolute atomic E-state index is 5.72. The van der Waals surface area contributed by atoms with Crippen LogP contribution in [0.1, 0.15) is 10.8 Å². The van der Waals surface area contributed by atoms with E-state index >= 15 is 0 Å². The van der Waals surface area contributed by atoms with E-state index in [9.17, 15) is 0 Å². The Bertz CT molecular complexity index is 388. The number of nitrogens with one attached hydrogen (secondary N) is 1. The summed E-state index contributed by atoms with van der Waals surface area (Å²) in [6.45, 7) is 0.551. The molecule has 0 aliphatic heterocycles. The van der Waals surface area contributed by atoms with Crippen LogP contribution >= 0.6 is 11.8 Å². The SMILES string of the molecule is NCC(Sc1ncn[nH]1)c1ccncc1. The van der Waals surface area contributed by atoms with Gasteiger partial charge >= 0.3 is 0 Å². The summed E-state index contributed by atoms with van der Waals surface area (Å²) in [5.74, 6) is 0. The molecular weight excluding hydrogens is 210 g/mol. The van der Waals surface area contributed by atoms with Crippen molar-refractivity contribution in [2.24, 2.45) is 5.73 Å². The number of hydrogen-bond donors (Lipinski definition) is 2. The highest BCUT2D eigenvalue weighted by Crippen LogP contribution is 2.31. The number of nitrogens with two attached hydrogens (primary N) is 1. The van der Waals surface area contributed by atoms with E-state index in [1.165, 1.54) is 6.33 Å². The first-order chi connectivity index (χ1) is 7.40. The van der Waals surface area contributed by atoms with E-state index in [0.717, 1.165) is 10.7 Å². The van der Waals surface area contributed by atoms with E-state index in [1.807, 2.05) is 12.1 Å². The maximum Gasteiger partial charge on any atom is 0.184 e. The van der Waals surface area contributed by atoms with Crippen molar-refractivity contribution in [1.29, 1.82) is 0 Å². The molecule has 0 aromatic carbocycles. The smallest absolute Gasteiger partial charge is 0.184 e. The Balaban J connectivity index is 2.12. The molecule has 0 saturated heterocycles.